The zero-order valence-corrected chi connectivity index (χ0v) is 12.3. The van der Waals surface area contributed by atoms with E-state index in [-0.39, 0.29) is 18.5 Å². The van der Waals surface area contributed by atoms with Gasteiger partial charge in [-0.1, -0.05) is 20.8 Å². The van der Waals surface area contributed by atoms with Crippen molar-refractivity contribution >= 4 is 29.2 Å². The Morgan fingerprint density at radius 3 is 2.63 bits per heavy atom. The Kier molecular flexibility index (Phi) is 5.29. The minimum atomic E-state index is -0.920. The van der Waals surface area contributed by atoms with E-state index in [9.17, 15) is 9.59 Å². The second-order valence-electron chi connectivity index (χ2n) is 4.77. The third kappa shape index (κ3) is 4.20. The van der Waals surface area contributed by atoms with Crippen LogP contribution in [0.4, 0.5) is 10.6 Å². The molecule has 2 N–H and O–H groups in total. The molecule has 6 nitrogen and oxygen atoms in total. The summed E-state index contributed by atoms with van der Waals surface area (Å²) in [5.41, 5.74) is 1.69. The number of amides is 2. The Balaban J connectivity index is 2.64. The Bertz CT molecular complexity index is 459. The number of nitrogens with zero attached hydrogens (tertiary/aromatic N) is 2. The molecule has 19 heavy (non-hydrogen) atoms. The van der Waals surface area contributed by atoms with Gasteiger partial charge in [0.15, 0.2) is 0 Å². The van der Waals surface area contributed by atoms with Gasteiger partial charge in [-0.3, -0.25) is 10.1 Å². The van der Waals surface area contributed by atoms with Crippen LogP contribution in [0.5, 0.6) is 0 Å². The van der Waals surface area contributed by atoms with Crippen molar-refractivity contribution in [3.63, 3.8) is 0 Å². The van der Waals surface area contributed by atoms with E-state index < -0.39 is 11.9 Å². The molecular formula is C12H19N3O3S. The van der Waals surface area contributed by atoms with E-state index in [0.29, 0.717) is 5.82 Å². The van der Waals surface area contributed by atoms with Crippen LogP contribution in [0, 0.1) is 5.92 Å². The van der Waals surface area contributed by atoms with Crippen LogP contribution in [0.3, 0.4) is 0 Å². The Morgan fingerprint density at radius 1 is 1.47 bits per heavy atom. The molecule has 0 aliphatic rings. The quantitative estimate of drug-likeness (QED) is 0.870. The molecule has 1 aromatic heterocycles. The predicted molar refractivity (Wildman–Crippen MR) is 74.7 cm³/mol. The van der Waals surface area contributed by atoms with Crippen molar-refractivity contribution in [2.75, 3.05) is 18.9 Å². The van der Waals surface area contributed by atoms with Gasteiger partial charge >= 0.3 is 12.0 Å². The molecule has 2 amide bonds. The van der Waals surface area contributed by atoms with Gasteiger partial charge in [0.05, 0.1) is 16.3 Å². The summed E-state index contributed by atoms with van der Waals surface area (Å²) in [4.78, 5) is 29.2. The highest BCUT2D eigenvalue weighted by molar-refractivity contribution is 7.10. The lowest BCUT2D eigenvalue weighted by atomic mass is 10.2. The molecule has 106 valence electrons. The van der Waals surface area contributed by atoms with Gasteiger partial charge in [0.25, 0.3) is 0 Å². The Hall–Kier alpha value is -1.63. The molecule has 1 atom stereocenters. The number of carbonyl (C=O) groups is 2. The topological polar surface area (TPSA) is 82.5 Å². The van der Waals surface area contributed by atoms with Crippen molar-refractivity contribution in [2.45, 2.75) is 26.7 Å². The van der Waals surface area contributed by atoms with E-state index in [2.05, 4.69) is 10.3 Å². The number of carbonyl (C=O) groups excluding carboxylic acids is 1. The van der Waals surface area contributed by atoms with Crippen molar-refractivity contribution in [1.29, 1.82) is 0 Å². The van der Waals surface area contributed by atoms with Gasteiger partial charge in [-0.2, -0.15) is 0 Å². The minimum absolute atomic E-state index is 0.155. The zero-order chi connectivity index (χ0) is 14.6. The molecule has 0 spiro atoms. The second-order valence-corrected chi connectivity index (χ2v) is 5.66. The average molecular weight is 285 g/mol. The summed E-state index contributed by atoms with van der Waals surface area (Å²) in [5.74, 6) is -0.683. The summed E-state index contributed by atoms with van der Waals surface area (Å²) in [5, 5.41) is 11.5. The van der Waals surface area contributed by atoms with Crippen molar-refractivity contribution < 1.29 is 14.7 Å². The average Bonchev–Trinajstić information content (AvgIpc) is 2.76. The molecule has 0 radical (unpaired) electrons. The zero-order valence-electron chi connectivity index (χ0n) is 11.5. The molecule has 0 fully saturated rings. The van der Waals surface area contributed by atoms with Gasteiger partial charge in [0.2, 0.25) is 0 Å². The lowest BCUT2D eigenvalue weighted by Crippen LogP contribution is -2.36. The molecule has 0 aromatic carbocycles. The number of thiazole rings is 1. The summed E-state index contributed by atoms with van der Waals surface area (Å²) in [6, 6.07) is -0.346. The molecule has 1 aromatic rings. The SMILES string of the molecule is CC(CN(C)C(=O)Nc1ncsc1C(C)C)C(=O)O. The lowest BCUT2D eigenvalue weighted by molar-refractivity contribution is -0.141. The van der Waals surface area contributed by atoms with Gasteiger partial charge in [0.1, 0.15) is 5.82 Å². The number of nitrogens with one attached hydrogen (secondary N) is 1. The highest BCUT2D eigenvalue weighted by atomic mass is 32.1. The molecule has 0 aliphatic heterocycles. The van der Waals surface area contributed by atoms with Crippen LogP contribution in [0.1, 0.15) is 31.6 Å². The van der Waals surface area contributed by atoms with Crippen LogP contribution in [-0.2, 0) is 4.79 Å². The maximum Gasteiger partial charge on any atom is 0.322 e. The molecule has 0 aliphatic carbocycles. The van der Waals surface area contributed by atoms with E-state index in [0.717, 1.165) is 4.88 Å². The first-order valence-electron chi connectivity index (χ1n) is 6.01. The van der Waals surface area contributed by atoms with E-state index in [4.69, 9.17) is 5.11 Å². The predicted octanol–water partition coefficient (Wildman–Crippen LogP) is 2.45. The molecule has 0 saturated carbocycles. The fraction of sp³-hybridized carbons (Fsp3) is 0.583. The summed E-state index contributed by atoms with van der Waals surface area (Å²) >= 11 is 1.49. The van der Waals surface area contributed by atoms with Gasteiger partial charge in [-0.05, 0) is 5.92 Å². The van der Waals surface area contributed by atoms with Crippen molar-refractivity contribution in [1.82, 2.24) is 9.88 Å². The lowest BCUT2D eigenvalue weighted by Gasteiger charge is -2.20. The summed E-state index contributed by atoms with van der Waals surface area (Å²) < 4.78 is 0. The number of hydrogen-bond donors (Lipinski definition) is 2. The van der Waals surface area contributed by atoms with Crippen LogP contribution in [0.15, 0.2) is 5.51 Å². The summed E-state index contributed by atoms with van der Waals surface area (Å²) in [6.07, 6.45) is 0. The van der Waals surface area contributed by atoms with Crippen LogP contribution in [0.25, 0.3) is 0 Å². The van der Waals surface area contributed by atoms with Crippen LogP contribution >= 0.6 is 11.3 Å². The third-order valence-corrected chi connectivity index (χ3v) is 3.79. The van der Waals surface area contributed by atoms with E-state index in [1.807, 2.05) is 13.8 Å². The fourth-order valence-electron chi connectivity index (χ4n) is 1.53. The number of urea groups is 1. The first-order valence-corrected chi connectivity index (χ1v) is 6.89. The standard InChI is InChI=1S/C12H19N3O3S/c1-7(2)9-10(13-6-19-9)14-12(18)15(4)5-8(3)11(16)17/h6-8H,5H2,1-4H3,(H,14,18)(H,16,17). The van der Waals surface area contributed by atoms with Crippen molar-refractivity contribution in [3.8, 4) is 0 Å². The van der Waals surface area contributed by atoms with E-state index in [1.165, 1.54) is 16.2 Å². The Morgan fingerprint density at radius 2 is 2.11 bits per heavy atom. The van der Waals surface area contributed by atoms with Crippen LogP contribution in [0.2, 0.25) is 0 Å². The second kappa shape index (κ2) is 6.51. The van der Waals surface area contributed by atoms with Gasteiger partial charge < -0.3 is 10.0 Å². The summed E-state index contributed by atoms with van der Waals surface area (Å²) in [7, 11) is 1.57. The highest BCUT2D eigenvalue weighted by Gasteiger charge is 2.19. The number of rotatable bonds is 5. The summed E-state index contributed by atoms with van der Waals surface area (Å²) in [6.45, 7) is 5.77. The number of aromatic nitrogens is 1. The maximum absolute atomic E-state index is 11.9. The smallest absolute Gasteiger partial charge is 0.322 e. The fourth-order valence-corrected chi connectivity index (χ4v) is 2.29. The minimum Gasteiger partial charge on any atom is -0.481 e. The van der Waals surface area contributed by atoms with E-state index >= 15 is 0 Å². The first kappa shape index (κ1) is 15.4. The molecule has 0 bridgehead atoms. The largest absolute Gasteiger partial charge is 0.481 e. The van der Waals surface area contributed by atoms with Crippen LogP contribution < -0.4 is 5.32 Å². The van der Waals surface area contributed by atoms with Gasteiger partial charge in [-0.25, -0.2) is 9.78 Å². The van der Waals surface area contributed by atoms with Gasteiger partial charge in [-0.15, -0.1) is 11.3 Å². The molecule has 7 heteroatoms. The number of carboxylic acids is 1. The molecule has 1 heterocycles. The van der Waals surface area contributed by atoms with Crippen molar-refractivity contribution in [3.05, 3.63) is 10.4 Å². The van der Waals surface area contributed by atoms with Crippen molar-refractivity contribution in [2.24, 2.45) is 5.92 Å². The molecule has 0 saturated heterocycles. The Labute approximate surface area is 116 Å². The van der Waals surface area contributed by atoms with Gasteiger partial charge in [0, 0.05) is 13.6 Å². The molecule has 1 unspecified atom stereocenters. The molecule has 1 rings (SSSR count). The number of anilines is 1. The first-order chi connectivity index (χ1) is 8.82. The molecular weight excluding hydrogens is 266 g/mol. The maximum atomic E-state index is 11.9. The monoisotopic (exact) mass is 285 g/mol. The normalized spacial score (nSPS) is 12.3. The number of aliphatic carboxylic acids is 1. The number of carboxylic acid groups (broad SMARTS) is 1. The van der Waals surface area contributed by atoms with E-state index in [1.54, 1.807) is 19.5 Å². The van der Waals surface area contributed by atoms with Crippen LogP contribution in [-0.4, -0.2) is 40.6 Å². The number of hydrogen-bond acceptors (Lipinski definition) is 4. The highest BCUT2D eigenvalue weighted by Crippen LogP contribution is 2.27. The third-order valence-electron chi connectivity index (χ3n) is 2.66.